The number of benzene rings is 3. The van der Waals surface area contributed by atoms with Gasteiger partial charge in [0.15, 0.2) is 16.8 Å². The maximum Gasteiger partial charge on any atom is 0.236 e. The molecule has 0 radical (unpaired) electrons. The zero-order chi connectivity index (χ0) is 23.3. The Hall–Kier alpha value is -4.24. The molecule has 3 aromatic carbocycles. The Morgan fingerprint density at radius 3 is 2.26 bits per heavy atom. The Balaban J connectivity index is 1.34. The van der Waals surface area contributed by atoms with Gasteiger partial charge in [0.25, 0.3) is 0 Å². The number of hydrogen-bond acceptors (Lipinski definition) is 5. The third kappa shape index (κ3) is 4.60. The Morgan fingerprint density at radius 2 is 1.53 bits per heavy atom. The normalized spacial score (nSPS) is 10.9. The van der Waals surface area contributed by atoms with Gasteiger partial charge in [-0.1, -0.05) is 60.3 Å². The molecule has 0 saturated carbocycles. The predicted molar refractivity (Wildman–Crippen MR) is 130 cm³/mol. The van der Waals surface area contributed by atoms with Crippen LogP contribution in [0.4, 0.5) is 10.2 Å². The summed E-state index contributed by atoms with van der Waals surface area (Å²) in [6, 6.07) is 27.2. The lowest BCUT2D eigenvalue weighted by Crippen LogP contribution is -2.15. The Kier molecular flexibility index (Phi) is 6.17. The Morgan fingerprint density at radius 1 is 0.853 bits per heavy atom. The van der Waals surface area contributed by atoms with E-state index in [1.54, 1.807) is 39.7 Å². The summed E-state index contributed by atoms with van der Waals surface area (Å²) in [7, 11) is 0. The van der Waals surface area contributed by atoms with Gasteiger partial charge in [-0.05, 0) is 36.4 Å². The molecule has 0 unspecified atom stereocenters. The zero-order valence-electron chi connectivity index (χ0n) is 17.9. The Bertz CT molecular complexity index is 1420. The van der Waals surface area contributed by atoms with Crippen molar-refractivity contribution >= 4 is 23.5 Å². The van der Waals surface area contributed by atoms with E-state index < -0.39 is 5.82 Å². The van der Waals surface area contributed by atoms with Crippen LogP contribution in [0.3, 0.4) is 0 Å². The summed E-state index contributed by atoms with van der Waals surface area (Å²) in [5, 5.41) is 16.1. The zero-order valence-corrected chi connectivity index (χ0v) is 18.7. The highest BCUT2D eigenvalue weighted by Crippen LogP contribution is 2.29. The van der Waals surface area contributed by atoms with Crippen molar-refractivity contribution in [3.8, 4) is 22.8 Å². The quantitative estimate of drug-likeness (QED) is 0.339. The standard InChI is InChI=1S/C25H19FN6OS/c26-21-14-8-7-13-20(21)24-28-29-25(32(24)19-11-5-2-6-12-19)34-17-23(33)27-22-15-16-31(30-22)18-9-3-1-4-10-18/h1-16H,17H2,(H,27,30,33). The number of aromatic nitrogens is 5. The number of para-hydroxylation sites is 2. The molecule has 0 aliphatic heterocycles. The van der Waals surface area contributed by atoms with Gasteiger partial charge in [0.2, 0.25) is 5.91 Å². The van der Waals surface area contributed by atoms with Gasteiger partial charge in [0.1, 0.15) is 5.82 Å². The maximum atomic E-state index is 14.5. The molecule has 1 amide bonds. The fourth-order valence-corrected chi connectivity index (χ4v) is 4.17. The van der Waals surface area contributed by atoms with Crippen LogP contribution in [0, 0.1) is 5.82 Å². The number of nitrogens with zero attached hydrogens (tertiary/aromatic N) is 5. The fraction of sp³-hybridized carbons (Fsp3) is 0.0400. The van der Waals surface area contributed by atoms with Gasteiger partial charge in [-0.2, -0.15) is 5.10 Å². The molecule has 2 heterocycles. The minimum Gasteiger partial charge on any atom is -0.308 e. The molecule has 5 rings (SSSR count). The second kappa shape index (κ2) is 9.72. The van der Waals surface area contributed by atoms with Gasteiger partial charge >= 0.3 is 0 Å². The molecule has 2 aromatic heterocycles. The summed E-state index contributed by atoms with van der Waals surface area (Å²) in [6.07, 6.45) is 1.78. The number of carbonyl (C=O) groups excluding carboxylic acids is 1. The van der Waals surface area contributed by atoms with E-state index in [1.165, 1.54) is 17.8 Å². The Labute approximate surface area is 199 Å². The first-order chi connectivity index (χ1) is 16.7. The lowest BCUT2D eigenvalue weighted by atomic mass is 10.2. The van der Waals surface area contributed by atoms with Crippen molar-refractivity contribution in [3.63, 3.8) is 0 Å². The number of carbonyl (C=O) groups is 1. The second-order valence-corrected chi connectivity index (χ2v) is 8.22. The summed E-state index contributed by atoms with van der Waals surface area (Å²) in [5.74, 6) is 0.272. The number of nitrogens with one attached hydrogen (secondary N) is 1. The molecule has 9 heteroatoms. The summed E-state index contributed by atoms with van der Waals surface area (Å²) in [5.41, 5.74) is 2.01. The summed E-state index contributed by atoms with van der Waals surface area (Å²) >= 11 is 1.21. The van der Waals surface area contributed by atoms with Crippen LogP contribution < -0.4 is 5.32 Å². The van der Waals surface area contributed by atoms with Gasteiger partial charge < -0.3 is 5.32 Å². The van der Waals surface area contributed by atoms with Crippen LogP contribution >= 0.6 is 11.8 Å². The van der Waals surface area contributed by atoms with Crippen LogP contribution in [0.5, 0.6) is 0 Å². The van der Waals surface area contributed by atoms with Crippen LogP contribution in [0.15, 0.2) is 102 Å². The first-order valence-corrected chi connectivity index (χ1v) is 11.5. The first-order valence-electron chi connectivity index (χ1n) is 10.5. The van der Waals surface area contributed by atoms with Gasteiger partial charge in [-0.25, -0.2) is 9.07 Å². The van der Waals surface area contributed by atoms with Crippen molar-refractivity contribution in [2.75, 3.05) is 11.1 Å². The van der Waals surface area contributed by atoms with Crippen LogP contribution in [0.2, 0.25) is 0 Å². The molecular weight excluding hydrogens is 451 g/mol. The number of hydrogen-bond donors (Lipinski definition) is 1. The van der Waals surface area contributed by atoms with E-state index in [0.29, 0.717) is 22.4 Å². The molecule has 0 aliphatic carbocycles. The summed E-state index contributed by atoms with van der Waals surface area (Å²) in [4.78, 5) is 12.6. The van der Waals surface area contributed by atoms with Gasteiger partial charge in [-0.15, -0.1) is 10.2 Å². The SMILES string of the molecule is O=C(CSc1nnc(-c2ccccc2F)n1-c1ccccc1)Nc1ccn(-c2ccccc2)n1. The molecule has 0 spiro atoms. The van der Waals surface area contributed by atoms with Crippen molar-refractivity contribution in [1.82, 2.24) is 24.5 Å². The number of amides is 1. The van der Waals surface area contributed by atoms with E-state index in [2.05, 4.69) is 20.6 Å². The molecule has 0 aliphatic rings. The highest BCUT2D eigenvalue weighted by molar-refractivity contribution is 7.99. The van der Waals surface area contributed by atoms with E-state index in [4.69, 9.17) is 0 Å². The van der Waals surface area contributed by atoms with Crippen LogP contribution in [0.1, 0.15) is 0 Å². The minimum atomic E-state index is -0.393. The third-order valence-electron chi connectivity index (χ3n) is 4.97. The average molecular weight is 471 g/mol. The van der Waals surface area contributed by atoms with Crippen LogP contribution in [-0.4, -0.2) is 36.2 Å². The van der Waals surface area contributed by atoms with E-state index in [-0.39, 0.29) is 11.7 Å². The smallest absolute Gasteiger partial charge is 0.236 e. The molecule has 0 fully saturated rings. The van der Waals surface area contributed by atoms with Gasteiger partial charge in [-0.3, -0.25) is 9.36 Å². The molecule has 34 heavy (non-hydrogen) atoms. The maximum absolute atomic E-state index is 14.5. The van der Waals surface area contributed by atoms with Crippen LogP contribution in [-0.2, 0) is 4.79 Å². The minimum absolute atomic E-state index is 0.0838. The van der Waals surface area contributed by atoms with Crippen molar-refractivity contribution in [2.24, 2.45) is 0 Å². The summed E-state index contributed by atoms with van der Waals surface area (Å²) < 4.78 is 17.9. The van der Waals surface area contributed by atoms with E-state index in [9.17, 15) is 9.18 Å². The second-order valence-electron chi connectivity index (χ2n) is 7.27. The topological polar surface area (TPSA) is 77.6 Å². The highest BCUT2D eigenvalue weighted by atomic mass is 32.2. The van der Waals surface area contributed by atoms with Gasteiger partial charge in [0.05, 0.1) is 17.0 Å². The number of anilines is 1. The predicted octanol–water partition coefficient (Wildman–Crippen LogP) is 4.99. The number of halogens is 1. The van der Waals surface area contributed by atoms with Gasteiger partial charge in [0, 0.05) is 18.0 Å². The molecule has 0 bridgehead atoms. The highest BCUT2D eigenvalue weighted by Gasteiger charge is 2.19. The molecular formula is C25H19FN6OS. The van der Waals surface area contributed by atoms with E-state index in [1.807, 2.05) is 60.7 Å². The van der Waals surface area contributed by atoms with E-state index in [0.717, 1.165) is 11.4 Å². The fourth-order valence-electron chi connectivity index (χ4n) is 3.41. The largest absolute Gasteiger partial charge is 0.308 e. The van der Waals surface area contributed by atoms with Crippen molar-refractivity contribution < 1.29 is 9.18 Å². The van der Waals surface area contributed by atoms with Crippen molar-refractivity contribution in [1.29, 1.82) is 0 Å². The lowest BCUT2D eigenvalue weighted by Gasteiger charge is -2.10. The van der Waals surface area contributed by atoms with Crippen LogP contribution in [0.25, 0.3) is 22.8 Å². The lowest BCUT2D eigenvalue weighted by molar-refractivity contribution is -0.113. The first kappa shape index (κ1) is 21.6. The molecule has 168 valence electrons. The number of thioether (sulfide) groups is 1. The van der Waals surface area contributed by atoms with Crippen molar-refractivity contribution in [3.05, 3.63) is 103 Å². The molecule has 1 N–H and O–H groups in total. The van der Waals surface area contributed by atoms with Crippen molar-refractivity contribution in [2.45, 2.75) is 5.16 Å². The molecule has 0 atom stereocenters. The molecule has 5 aromatic rings. The average Bonchev–Trinajstić information content (AvgIpc) is 3.51. The third-order valence-corrected chi connectivity index (χ3v) is 5.90. The number of rotatable bonds is 7. The van der Waals surface area contributed by atoms with E-state index >= 15 is 0 Å². The molecule has 0 saturated heterocycles. The monoisotopic (exact) mass is 470 g/mol. The summed E-state index contributed by atoms with van der Waals surface area (Å²) in [6.45, 7) is 0. The molecule has 7 nitrogen and oxygen atoms in total.